The Bertz CT molecular complexity index is 1020. The van der Waals surface area contributed by atoms with Crippen LogP contribution in [-0.4, -0.2) is 24.6 Å². The number of benzene rings is 3. The lowest BCUT2D eigenvalue weighted by molar-refractivity contribution is -0.384. The minimum absolute atomic E-state index is 0.0383. The lowest BCUT2D eigenvalue weighted by atomic mass is 10.1. The van der Waals surface area contributed by atoms with Crippen molar-refractivity contribution in [3.8, 4) is 17.2 Å². The van der Waals surface area contributed by atoms with Crippen LogP contribution in [0.15, 0.2) is 59.1 Å². The van der Waals surface area contributed by atoms with Gasteiger partial charge in [0.15, 0.2) is 18.1 Å². The molecule has 8 heteroatoms. The molecule has 0 saturated carbocycles. The van der Waals surface area contributed by atoms with E-state index in [1.54, 1.807) is 6.07 Å². The molecule has 3 aromatic rings. The molecular formula is C19H14BrNO6. The van der Waals surface area contributed by atoms with E-state index in [0.717, 1.165) is 21.3 Å². The van der Waals surface area contributed by atoms with Crippen LogP contribution >= 0.6 is 15.9 Å². The molecule has 0 bridgehead atoms. The van der Waals surface area contributed by atoms with Crippen LogP contribution in [0.1, 0.15) is 0 Å². The number of hydrogen-bond acceptors (Lipinski definition) is 6. The fourth-order valence-electron chi connectivity index (χ4n) is 2.44. The van der Waals surface area contributed by atoms with E-state index in [1.807, 2.05) is 30.3 Å². The summed E-state index contributed by atoms with van der Waals surface area (Å²) >= 11 is 3.41. The molecule has 7 nitrogen and oxygen atoms in total. The number of non-ortho nitro benzene ring substituents is 1. The lowest BCUT2D eigenvalue weighted by Crippen LogP contribution is -2.18. The quantitative estimate of drug-likeness (QED) is 0.247. The number of methoxy groups -OCH3 is 1. The van der Waals surface area contributed by atoms with Gasteiger partial charge in [0.1, 0.15) is 5.75 Å². The number of esters is 1. The average molecular weight is 432 g/mol. The molecule has 0 N–H and O–H groups in total. The van der Waals surface area contributed by atoms with Crippen molar-refractivity contribution in [1.82, 2.24) is 0 Å². The number of carbonyl (C=O) groups excluding carboxylic acids is 1. The van der Waals surface area contributed by atoms with Gasteiger partial charge >= 0.3 is 5.97 Å². The highest BCUT2D eigenvalue weighted by atomic mass is 79.9. The standard InChI is InChI=1S/C19H14BrNO6/c1-25-17-7-5-15(21(23)24)10-18(17)27-19(22)11-26-16-6-3-12-8-14(20)4-2-13(12)9-16/h2-10H,11H2,1H3. The smallest absolute Gasteiger partial charge is 0.349 e. The van der Waals surface area contributed by atoms with Gasteiger partial charge in [-0.3, -0.25) is 10.1 Å². The summed E-state index contributed by atoms with van der Waals surface area (Å²) in [6.07, 6.45) is 0. The molecule has 0 unspecified atom stereocenters. The maximum Gasteiger partial charge on any atom is 0.349 e. The maximum atomic E-state index is 12.1. The predicted octanol–water partition coefficient (Wildman–Crippen LogP) is 4.50. The highest BCUT2D eigenvalue weighted by molar-refractivity contribution is 9.10. The molecule has 0 atom stereocenters. The van der Waals surface area contributed by atoms with Gasteiger partial charge in [-0.2, -0.15) is 0 Å². The van der Waals surface area contributed by atoms with Gasteiger partial charge in [-0.1, -0.05) is 28.1 Å². The van der Waals surface area contributed by atoms with E-state index >= 15 is 0 Å². The van der Waals surface area contributed by atoms with Crippen LogP contribution in [0, 0.1) is 10.1 Å². The molecule has 0 spiro atoms. The van der Waals surface area contributed by atoms with Crippen molar-refractivity contribution in [3.63, 3.8) is 0 Å². The summed E-state index contributed by atoms with van der Waals surface area (Å²) in [6, 6.07) is 15.0. The molecule has 0 aliphatic carbocycles. The number of rotatable bonds is 6. The van der Waals surface area contributed by atoms with E-state index < -0.39 is 10.9 Å². The van der Waals surface area contributed by atoms with Gasteiger partial charge in [0, 0.05) is 10.5 Å². The zero-order valence-corrected chi connectivity index (χ0v) is 15.8. The van der Waals surface area contributed by atoms with E-state index in [-0.39, 0.29) is 23.8 Å². The molecule has 0 aromatic heterocycles. The average Bonchev–Trinajstić information content (AvgIpc) is 2.66. The van der Waals surface area contributed by atoms with Crippen molar-refractivity contribution in [2.45, 2.75) is 0 Å². The van der Waals surface area contributed by atoms with Gasteiger partial charge in [-0.25, -0.2) is 4.79 Å². The largest absolute Gasteiger partial charge is 0.493 e. The summed E-state index contributed by atoms with van der Waals surface area (Å²) in [7, 11) is 1.38. The number of hydrogen-bond donors (Lipinski definition) is 0. The number of fused-ring (bicyclic) bond motifs is 1. The highest BCUT2D eigenvalue weighted by Crippen LogP contribution is 2.31. The second kappa shape index (κ2) is 8.05. The van der Waals surface area contributed by atoms with Crippen LogP contribution in [0.5, 0.6) is 17.2 Å². The Morgan fingerprint density at radius 2 is 1.78 bits per heavy atom. The second-order valence-corrected chi connectivity index (χ2v) is 6.42. The first kappa shape index (κ1) is 18.7. The van der Waals surface area contributed by atoms with Gasteiger partial charge in [0.05, 0.1) is 18.1 Å². The molecule has 3 aromatic carbocycles. The molecule has 0 fully saturated rings. The normalized spacial score (nSPS) is 10.4. The number of nitrogens with zero attached hydrogens (tertiary/aromatic N) is 1. The number of nitro benzene ring substituents is 1. The first-order chi connectivity index (χ1) is 13.0. The Balaban J connectivity index is 1.68. The topological polar surface area (TPSA) is 87.9 Å². The third-order valence-electron chi connectivity index (χ3n) is 3.71. The molecule has 3 rings (SSSR count). The summed E-state index contributed by atoms with van der Waals surface area (Å²) < 4.78 is 16.6. The Hall–Kier alpha value is -3.13. The molecule has 0 saturated heterocycles. The Morgan fingerprint density at radius 1 is 1.04 bits per heavy atom. The molecule has 0 amide bonds. The van der Waals surface area contributed by atoms with E-state index in [1.165, 1.54) is 19.2 Å². The van der Waals surface area contributed by atoms with Gasteiger partial charge < -0.3 is 14.2 Å². The number of nitro groups is 1. The number of halogens is 1. The monoisotopic (exact) mass is 431 g/mol. The summed E-state index contributed by atoms with van der Waals surface area (Å²) in [5.74, 6) is -0.0219. The lowest BCUT2D eigenvalue weighted by Gasteiger charge is -2.10. The van der Waals surface area contributed by atoms with Crippen LogP contribution in [-0.2, 0) is 4.79 Å². The first-order valence-corrected chi connectivity index (χ1v) is 8.61. The van der Waals surface area contributed by atoms with Gasteiger partial charge in [0.25, 0.3) is 5.69 Å². The fourth-order valence-corrected chi connectivity index (χ4v) is 2.82. The fraction of sp³-hybridized carbons (Fsp3) is 0.105. The van der Waals surface area contributed by atoms with Crippen molar-refractivity contribution in [2.75, 3.05) is 13.7 Å². The van der Waals surface area contributed by atoms with Gasteiger partial charge in [-0.15, -0.1) is 0 Å². The second-order valence-electron chi connectivity index (χ2n) is 5.51. The van der Waals surface area contributed by atoms with Crippen molar-refractivity contribution < 1.29 is 23.9 Å². The summed E-state index contributed by atoms with van der Waals surface area (Å²) in [6.45, 7) is -0.353. The SMILES string of the molecule is COc1ccc([N+](=O)[O-])cc1OC(=O)COc1ccc2cc(Br)ccc2c1. The Morgan fingerprint density at radius 3 is 2.52 bits per heavy atom. The van der Waals surface area contributed by atoms with Crippen LogP contribution in [0.25, 0.3) is 10.8 Å². The third kappa shape index (κ3) is 4.53. The van der Waals surface area contributed by atoms with Crippen molar-refractivity contribution >= 4 is 38.4 Å². The molecule has 27 heavy (non-hydrogen) atoms. The summed E-state index contributed by atoms with van der Waals surface area (Å²) in [4.78, 5) is 22.4. The number of ether oxygens (including phenoxy) is 3. The van der Waals surface area contributed by atoms with Crippen molar-refractivity contribution in [3.05, 3.63) is 69.2 Å². The van der Waals surface area contributed by atoms with Gasteiger partial charge in [-0.05, 0) is 41.1 Å². The molecule has 138 valence electrons. The van der Waals surface area contributed by atoms with Crippen LogP contribution < -0.4 is 14.2 Å². The summed E-state index contributed by atoms with van der Waals surface area (Å²) in [5, 5.41) is 12.9. The molecule has 0 heterocycles. The van der Waals surface area contributed by atoms with E-state index in [9.17, 15) is 14.9 Å². The molecule has 0 aliphatic heterocycles. The minimum atomic E-state index is -0.704. The van der Waals surface area contributed by atoms with Gasteiger partial charge in [0.2, 0.25) is 0 Å². The first-order valence-electron chi connectivity index (χ1n) is 7.81. The molecule has 0 aliphatic rings. The zero-order chi connectivity index (χ0) is 19.4. The zero-order valence-electron chi connectivity index (χ0n) is 14.2. The van der Waals surface area contributed by atoms with E-state index in [4.69, 9.17) is 14.2 Å². The predicted molar refractivity (Wildman–Crippen MR) is 102 cm³/mol. The Kier molecular flexibility index (Phi) is 5.56. The molecular weight excluding hydrogens is 418 g/mol. The van der Waals surface area contributed by atoms with Crippen molar-refractivity contribution in [1.29, 1.82) is 0 Å². The van der Waals surface area contributed by atoms with Crippen LogP contribution in [0.3, 0.4) is 0 Å². The maximum absolute atomic E-state index is 12.1. The van der Waals surface area contributed by atoms with Crippen LogP contribution in [0.4, 0.5) is 5.69 Å². The number of carbonyl (C=O) groups is 1. The highest BCUT2D eigenvalue weighted by Gasteiger charge is 2.16. The van der Waals surface area contributed by atoms with Crippen molar-refractivity contribution in [2.24, 2.45) is 0 Å². The summed E-state index contributed by atoms with van der Waals surface area (Å²) in [5.41, 5.74) is -0.208. The van der Waals surface area contributed by atoms with E-state index in [2.05, 4.69) is 15.9 Å². The molecule has 0 radical (unpaired) electrons. The Labute approximate surface area is 162 Å². The third-order valence-corrected chi connectivity index (χ3v) is 4.21. The van der Waals surface area contributed by atoms with Crippen LogP contribution in [0.2, 0.25) is 0 Å². The minimum Gasteiger partial charge on any atom is -0.493 e. The van der Waals surface area contributed by atoms with E-state index in [0.29, 0.717) is 5.75 Å².